The summed E-state index contributed by atoms with van der Waals surface area (Å²) >= 11 is 0. The number of amides is 5. The zero-order chi connectivity index (χ0) is 27.2. The summed E-state index contributed by atoms with van der Waals surface area (Å²) in [5.74, 6) is -0.161. The second-order valence-electron chi connectivity index (χ2n) is 8.22. The van der Waals surface area contributed by atoms with Crippen LogP contribution in [0.15, 0.2) is 72.3 Å². The topological polar surface area (TPSA) is 123 Å². The van der Waals surface area contributed by atoms with Gasteiger partial charge in [0.2, 0.25) is 5.91 Å². The largest absolute Gasteiger partial charge is 0.497 e. The Morgan fingerprint density at radius 2 is 1.71 bits per heavy atom. The summed E-state index contributed by atoms with van der Waals surface area (Å²) in [5.41, 5.74) is 1.89. The van der Waals surface area contributed by atoms with Crippen LogP contribution < -0.4 is 29.7 Å². The average Bonchev–Trinajstić information content (AvgIpc) is 2.90. The first-order valence-electron chi connectivity index (χ1n) is 11.5. The summed E-state index contributed by atoms with van der Waals surface area (Å²) in [6.07, 6.45) is 1.41. The molecular formula is C28H25N3O7. The van der Waals surface area contributed by atoms with Crippen molar-refractivity contribution in [2.75, 3.05) is 24.4 Å². The molecular weight excluding hydrogens is 490 g/mol. The van der Waals surface area contributed by atoms with Crippen LogP contribution in [0.25, 0.3) is 6.08 Å². The summed E-state index contributed by atoms with van der Waals surface area (Å²) in [6, 6.07) is 17.5. The number of anilines is 2. The molecule has 1 heterocycles. The number of nitrogens with zero attached hydrogens (tertiary/aromatic N) is 1. The summed E-state index contributed by atoms with van der Waals surface area (Å²) < 4.78 is 16.5. The number of urea groups is 1. The van der Waals surface area contributed by atoms with Gasteiger partial charge < -0.3 is 19.5 Å². The van der Waals surface area contributed by atoms with Gasteiger partial charge in [-0.15, -0.1) is 0 Å². The fourth-order valence-corrected chi connectivity index (χ4v) is 3.81. The Kier molecular flexibility index (Phi) is 7.72. The fraction of sp³-hybridized carbons (Fsp3) is 0.143. The molecule has 1 aliphatic heterocycles. The molecule has 3 aromatic rings. The monoisotopic (exact) mass is 515 g/mol. The number of barbiturate groups is 1. The van der Waals surface area contributed by atoms with Crippen LogP contribution in [-0.2, 0) is 21.0 Å². The minimum absolute atomic E-state index is 0.133. The van der Waals surface area contributed by atoms with E-state index in [0.29, 0.717) is 34.1 Å². The first kappa shape index (κ1) is 26.0. The summed E-state index contributed by atoms with van der Waals surface area (Å²) in [4.78, 5) is 50.4. The van der Waals surface area contributed by atoms with E-state index in [4.69, 9.17) is 14.2 Å². The average molecular weight is 516 g/mol. The summed E-state index contributed by atoms with van der Waals surface area (Å²) in [6.45, 7) is 1.56. The highest BCUT2D eigenvalue weighted by molar-refractivity contribution is 6.39. The number of benzene rings is 3. The molecule has 0 radical (unpaired) electrons. The van der Waals surface area contributed by atoms with Crippen LogP contribution in [0.5, 0.6) is 17.2 Å². The van der Waals surface area contributed by atoms with E-state index in [1.165, 1.54) is 33.3 Å². The summed E-state index contributed by atoms with van der Waals surface area (Å²) in [7, 11) is 2.99. The summed E-state index contributed by atoms with van der Waals surface area (Å²) in [5, 5.41) is 4.90. The number of hydrogen-bond donors (Lipinski definition) is 2. The number of rotatable bonds is 8. The van der Waals surface area contributed by atoms with Crippen LogP contribution in [0, 0.1) is 0 Å². The highest BCUT2D eigenvalue weighted by atomic mass is 16.5. The first-order chi connectivity index (χ1) is 18.3. The number of ether oxygens (including phenoxy) is 3. The number of carbonyl (C=O) groups is 4. The maximum absolute atomic E-state index is 13.2. The van der Waals surface area contributed by atoms with Crippen LogP contribution >= 0.6 is 0 Å². The van der Waals surface area contributed by atoms with Gasteiger partial charge in [-0.05, 0) is 60.2 Å². The van der Waals surface area contributed by atoms with Gasteiger partial charge in [-0.3, -0.25) is 19.7 Å². The van der Waals surface area contributed by atoms with Crippen molar-refractivity contribution >= 4 is 41.2 Å². The van der Waals surface area contributed by atoms with E-state index in [-0.39, 0.29) is 23.8 Å². The van der Waals surface area contributed by atoms with Crippen LogP contribution in [0.4, 0.5) is 16.2 Å². The molecule has 38 heavy (non-hydrogen) atoms. The van der Waals surface area contributed by atoms with E-state index in [0.717, 1.165) is 4.90 Å². The van der Waals surface area contributed by atoms with Gasteiger partial charge >= 0.3 is 6.03 Å². The molecule has 5 amide bonds. The maximum Gasteiger partial charge on any atom is 0.335 e. The quantitative estimate of drug-likeness (QED) is 0.344. The van der Waals surface area contributed by atoms with Gasteiger partial charge in [0.1, 0.15) is 29.4 Å². The third-order valence-corrected chi connectivity index (χ3v) is 5.60. The molecule has 3 aromatic carbocycles. The smallest absolute Gasteiger partial charge is 0.335 e. The standard InChI is InChI=1S/C28H25N3O7/c1-17(32)29-20-8-10-22(11-9-20)38-16-19-13-18(7-12-25(19)37-3)14-24-26(33)30-28(35)31(27(24)34)21-5-4-6-23(15-21)36-2/h4-15H,16H2,1-3H3,(H,29,32)(H,30,33,35)/b24-14-. The van der Waals surface area contributed by atoms with Crippen molar-refractivity contribution < 1.29 is 33.4 Å². The minimum Gasteiger partial charge on any atom is -0.497 e. The lowest BCUT2D eigenvalue weighted by Crippen LogP contribution is -2.54. The number of methoxy groups -OCH3 is 2. The Balaban J connectivity index is 1.58. The van der Waals surface area contributed by atoms with Crippen molar-refractivity contribution in [1.29, 1.82) is 0 Å². The Hall–Kier alpha value is -5.12. The van der Waals surface area contributed by atoms with E-state index in [9.17, 15) is 19.2 Å². The molecule has 0 saturated carbocycles. The van der Waals surface area contributed by atoms with Crippen molar-refractivity contribution in [2.24, 2.45) is 0 Å². The van der Waals surface area contributed by atoms with Crippen LogP contribution in [0.3, 0.4) is 0 Å². The van der Waals surface area contributed by atoms with Crippen LogP contribution in [-0.4, -0.2) is 38.0 Å². The first-order valence-corrected chi connectivity index (χ1v) is 11.5. The van der Waals surface area contributed by atoms with Crippen LogP contribution in [0.1, 0.15) is 18.1 Å². The van der Waals surface area contributed by atoms with E-state index in [1.807, 2.05) is 0 Å². The Morgan fingerprint density at radius 1 is 0.947 bits per heavy atom. The van der Waals surface area contributed by atoms with E-state index in [2.05, 4.69) is 10.6 Å². The predicted octanol–water partition coefficient (Wildman–Crippen LogP) is 3.91. The minimum atomic E-state index is -0.848. The molecule has 1 aliphatic rings. The fourth-order valence-electron chi connectivity index (χ4n) is 3.81. The van der Waals surface area contributed by atoms with Crippen molar-refractivity contribution in [1.82, 2.24) is 5.32 Å². The lowest BCUT2D eigenvalue weighted by atomic mass is 10.0. The van der Waals surface area contributed by atoms with Gasteiger partial charge in [0.25, 0.3) is 11.8 Å². The number of imide groups is 2. The number of hydrogen-bond acceptors (Lipinski definition) is 7. The van der Waals surface area contributed by atoms with Crippen molar-refractivity contribution in [3.05, 3.63) is 83.4 Å². The van der Waals surface area contributed by atoms with Crippen molar-refractivity contribution in [2.45, 2.75) is 13.5 Å². The molecule has 10 nitrogen and oxygen atoms in total. The normalized spacial score (nSPS) is 14.2. The Labute approximate surface area is 218 Å². The molecule has 194 valence electrons. The van der Waals surface area contributed by atoms with Crippen LogP contribution in [0.2, 0.25) is 0 Å². The Bertz CT molecular complexity index is 1430. The molecule has 0 unspecified atom stereocenters. The molecule has 2 N–H and O–H groups in total. The third kappa shape index (κ3) is 5.81. The SMILES string of the molecule is COc1cccc(N2C(=O)NC(=O)/C(=C/c3ccc(OC)c(COc4ccc(NC(C)=O)cc4)c3)C2=O)c1. The van der Waals surface area contributed by atoms with E-state index >= 15 is 0 Å². The molecule has 1 saturated heterocycles. The molecule has 0 bridgehead atoms. The lowest BCUT2D eigenvalue weighted by Gasteiger charge is -2.26. The third-order valence-electron chi connectivity index (χ3n) is 5.60. The van der Waals surface area contributed by atoms with E-state index in [1.54, 1.807) is 60.7 Å². The van der Waals surface area contributed by atoms with E-state index < -0.39 is 17.8 Å². The molecule has 0 atom stereocenters. The number of nitrogens with one attached hydrogen (secondary N) is 2. The van der Waals surface area contributed by atoms with Gasteiger partial charge in [-0.1, -0.05) is 12.1 Å². The molecule has 0 aromatic heterocycles. The maximum atomic E-state index is 13.2. The molecule has 0 aliphatic carbocycles. The van der Waals surface area contributed by atoms with Gasteiger partial charge in [0.15, 0.2) is 0 Å². The molecule has 10 heteroatoms. The molecule has 1 fully saturated rings. The second kappa shape index (κ2) is 11.3. The van der Waals surface area contributed by atoms with Gasteiger partial charge in [0, 0.05) is 24.2 Å². The Morgan fingerprint density at radius 3 is 2.39 bits per heavy atom. The molecule has 0 spiro atoms. The molecule has 4 rings (SSSR count). The predicted molar refractivity (Wildman–Crippen MR) is 140 cm³/mol. The van der Waals surface area contributed by atoms with Crippen molar-refractivity contribution in [3.63, 3.8) is 0 Å². The number of carbonyl (C=O) groups excluding carboxylic acids is 4. The van der Waals surface area contributed by atoms with Gasteiger partial charge in [-0.2, -0.15) is 0 Å². The highest BCUT2D eigenvalue weighted by Crippen LogP contribution is 2.27. The van der Waals surface area contributed by atoms with Gasteiger partial charge in [0.05, 0.1) is 19.9 Å². The van der Waals surface area contributed by atoms with Gasteiger partial charge in [-0.25, -0.2) is 9.69 Å². The highest BCUT2D eigenvalue weighted by Gasteiger charge is 2.37. The second-order valence-corrected chi connectivity index (χ2v) is 8.22. The lowest BCUT2D eigenvalue weighted by molar-refractivity contribution is -0.122. The zero-order valence-corrected chi connectivity index (χ0v) is 20.9. The zero-order valence-electron chi connectivity index (χ0n) is 20.9. The van der Waals surface area contributed by atoms with Crippen molar-refractivity contribution in [3.8, 4) is 17.2 Å².